The zero-order valence-electron chi connectivity index (χ0n) is 16.6. The lowest BCUT2D eigenvalue weighted by Crippen LogP contribution is -2.43. The highest BCUT2D eigenvalue weighted by Crippen LogP contribution is 2.27. The topological polar surface area (TPSA) is 127 Å². The predicted octanol–water partition coefficient (Wildman–Crippen LogP) is -0.344. The lowest BCUT2D eigenvalue weighted by Gasteiger charge is -2.18. The molecule has 0 saturated carbocycles. The second-order valence-electron chi connectivity index (χ2n) is 7.48. The van der Waals surface area contributed by atoms with E-state index in [0.717, 1.165) is 20.3 Å². The molecule has 3 aromatic rings. The van der Waals surface area contributed by atoms with Crippen LogP contribution >= 0.6 is 0 Å². The molecule has 0 bridgehead atoms. The van der Waals surface area contributed by atoms with E-state index < -0.39 is 42.4 Å². The summed E-state index contributed by atoms with van der Waals surface area (Å²) in [5.74, 6) is 0. The van der Waals surface area contributed by atoms with Crippen LogP contribution in [-0.4, -0.2) is 54.4 Å². The number of hydrogen-bond acceptors (Lipinski definition) is 7. The van der Waals surface area contributed by atoms with Crippen LogP contribution in [0.3, 0.4) is 0 Å². The van der Waals surface area contributed by atoms with Crippen LogP contribution in [0, 0.1) is 0 Å². The van der Waals surface area contributed by atoms with Crippen molar-refractivity contribution in [2.45, 2.75) is 37.5 Å². The molecule has 4 rings (SSSR count). The molecule has 9 nitrogen and oxygen atoms in total. The molecule has 0 spiro atoms. The zero-order valence-corrected chi connectivity index (χ0v) is 16.6. The summed E-state index contributed by atoms with van der Waals surface area (Å²) in [6.07, 6.45) is -1.49. The van der Waals surface area contributed by atoms with Crippen LogP contribution < -0.4 is 11.2 Å². The van der Waals surface area contributed by atoms with Crippen molar-refractivity contribution in [3.05, 3.63) is 98.6 Å². The van der Waals surface area contributed by atoms with Crippen molar-refractivity contribution in [3.8, 4) is 0 Å². The van der Waals surface area contributed by atoms with Crippen LogP contribution in [0.1, 0.15) is 23.0 Å². The maximum Gasteiger partial charge on any atom is 0.333 e. The minimum Gasteiger partial charge on any atom is -0.394 e. The largest absolute Gasteiger partial charge is 0.394 e. The highest BCUT2D eigenvalue weighted by molar-refractivity contribution is 5.26. The highest BCUT2D eigenvalue weighted by Gasteiger charge is 2.43. The van der Waals surface area contributed by atoms with E-state index in [0.29, 0.717) is 12.1 Å². The number of pyridine rings is 1. The number of benzene rings is 1. The third-order valence-electron chi connectivity index (χ3n) is 5.34. The Labute approximate surface area is 177 Å². The Hall–Kier alpha value is -3.11. The van der Waals surface area contributed by atoms with E-state index in [1.165, 1.54) is 12.3 Å². The quantitative estimate of drug-likeness (QED) is 0.493. The summed E-state index contributed by atoms with van der Waals surface area (Å²) >= 11 is 0. The molecule has 0 aliphatic carbocycles. The molecule has 162 valence electrons. The average molecular weight is 425 g/mol. The van der Waals surface area contributed by atoms with Crippen LogP contribution in [0.25, 0.3) is 0 Å². The van der Waals surface area contributed by atoms with Crippen molar-refractivity contribution in [2.75, 3.05) is 6.61 Å². The number of aliphatic hydroxyl groups is 3. The molecular weight excluding hydrogens is 402 g/mol. The minimum absolute atomic E-state index is 0.0596. The Bertz CT molecular complexity index is 1160. The standard InChI is InChI=1S/C22H23N3O6/c26-13-17-19(28)20(29)21(31-17)24-9-7-18(27)25(22(24)30)12-16-11-15(6-8-23-16)10-14-4-2-1-3-5-14/h1-9,11,17,19-21,26,28-29H,10,12-13H2/t17-,19+,20?,21-/m1/s1. The van der Waals surface area contributed by atoms with Crippen LogP contribution in [0.4, 0.5) is 0 Å². The summed E-state index contributed by atoms with van der Waals surface area (Å²) < 4.78 is 7.44. The molecular formula is C22H23N3O6. The Kier molecular flexibility index (Phi) is 6.10. The van der Waals surface area contributed by atoms with E-state index in [4.69, 9.17) is 4.74 Å². The van der Waals surface area contributed by atoms with Crippen molar-refractivity contribution < 1.29 is 20.1 Å². The van der Waals surface area contributed by atoms with Crippen LogP contribution in [0.15, 0.2) is 70.5 Å². The SMILES string of the molecule is O=c1ccn([C@@H]2O[C@H](CO)[C@H](O)C2O)c(=O)n1Cc1cc(Cc2ccccc2)ccn1. The molecule has 3 heterocycles. The van der Waals surface area contributed by atoms with Gasteiger partial charge in [-0.1, -0.05) is 30.3 Å². The van der Waals surface area contributed by atoms with Gasteiger partial charge in [-0.2, -0.15) is 0 Å². The molecule has 1 unspecified atom stereocenters. The predicted molar refractivity (Wildman–Crippen MR) is 111 cm³/mol. The Morgan fingerprint density at radius 1 is 1.00 bits per heavy atom. The Morgan fingerprint density at radius 3 is 2.48 bits per heavy atom. The summed E-state index contributed by atoms with van der Waals surface area (Å²) in [5.41, 5.74) is 1.42. The van der Waals surface area contributed by atoms with Crippen LogP contribution in [-0.2, 0) is 17.7 Å². The molecule has 1 aliphatic heterocycles. The van der Waals surface area contributed by atoms with Crippen molar-refractivity contribution >= 4 is 0 Å². The van der Waals surface area contributed by atoms with Gasteiger partial charge in [0.15, 0.2) is 6.23 Å². The second kappa shape index (κ2) is 8.94. The molecule has 0 amide bonds. The number of nitrogens with zero attached hydrogens (tertiary/aromatic N) is 3. The molecule has 1 aromatic carbocycles. The lowest BCUT2D eigenvalue weighted by atomic mass is 10.1. The number of ether oxygens (including phenoxy) is 1. The number of hydrogen-bond donors (Lipinski definition) is 3. The van der Waals surface area contributed by atoms with Gasteiger partial charge < -0.3 is 20.1 Å². The van der Waals surface area contributed by atoms with Crippen LogP contribution in [0.5, 0.6) is 0 Å². The van der Waals surface area contributed by atoms with Gasteiger partial charge in [0.05, 0.1) is 18.8 Å². The van der Waals surface area contributed by atoms with E-state index in [2.05, 4.69) is 4.98 Å². The molecule has 1 aliphatic rings. The number of aliphatic hydroxyl groups excluding tert-OH is 3. The number of rotatable bonds is 6. The molecule has 1 fully saturated rings. The van der Waals surface area contributed by atoms with Gasteiger partial charge in [-0.05, 0) is 29.7 Å². The van der Waals surface area contributed by atoms with E-state index in [1.807, 2.05) is 42.5 Å². The molecule has 2 aromatic heterocycles. The zero-order chi connectivity index (χ0) is 22.0. The van der Waals surface area contributed by atoms with Gasteiger partial charge in [-0.3, -0.25) is 18.9 Å². The first-order chi connectivity index (χ1) is 15.0. The average Bonchev–Trinajstić information content (AvgIpc) is 3.06. The Morgan fingerprint density at radius 2 is 1.77 bits per heavy atom. The first kappa shape index (κ1) is 21.1. The van der Waals surface area contributed by atoms with Crippen molar-refractivity contribution in [3.63, 3.8) is 0 Å². The molecule has 9 heteroatoms. The van der Waals surface area contributed by atoms with Crippen molar-refractivity contribution in [1.82, 2.24) is 14.1 Å². The lowest BCUT2D eigenvalue weighted by molar-refractivity contribution is -0.0555. The monoisotopic (exact) mass is 425 g/mol. The summed E-state index contributed by atoms with van der Waals surface area (Å²) in [6.45, 7) is -0.572. The van der Waals surface area contributed by atoms with Gasteiger partial charge in [0, 0.05) is 18.5 Å². The molecule has 3 N–H and O–H groups in total. The number of aromatic nitrogens is 3. The maximum absolute atomic E-state index is 13.0. The van der Waals surface area contributed by atoms with Crippen molar-refractivity contribution in [1.29, 1.82) is 0 Å². The normalized spacial score (nSPS) is 23.2. The summed E-state index contributed by atoms with van der Waals surface area (Å²) in [6, 6.07) is 14.8. The van der Waals surface area contributed by atoms with E-state index >= 15 is 0 Å². The van der Waals surface area contributed by atoms with Gasteiger partial charge in [0.2, 0.25) is 0 Å². The van der Waals surface area contributed by atoms with Gasteiger partial charge in [0.1, 0.15) is 18.3 Å². The summed E-state index contributed by atoms with van der Waals surface area (Å²) in [4.78, 5) is 29.6. The second-order valence-corrected chi connectivity index (χ2v) is 7.48. The Balaban J connectivity index is 1.61. The molecule has 1 saturated heterocycles. The fourth-order valence-corrected chi connectivity index (χ4v) is 3.70. The first-order valence-corrected chi connectivity index (χ1v) is 9.90. The van der Waals surface area contributed by atoms with Gasteiger partial charge in [0.25, 0.3) is 5.56 Å². The fourth-order valence-electron chi connectivity index (χ4n) is 3.70. The van der Waals surface area contributed by atoms with E-state index in [9.17, 15) is 24.9 Å². The minimum atomic E-state index is -1.42. The summed E-state index contributed by atoms with van der Waals surface area (Å²) in [7, 11) is 0. The van der Waals surface area contributed by atoms with Gasteiger partial charge in [-0.25, -0.2) is 4.79 Å². The van der Waals surface area contributed by atoms with Crippen LogP contribution in [0.2, 0.25) is 0 Å². The van der Waals surface area contributed by atoms with Crippen molar-refractivity contribution in [2.24, 2.45) is 0 Å². The first-order valence-electron chi connectivity index (χ1n) is 9.90. The van der Waals surface area contributed by atoms with E-state index in [-0.39, 0.29) is 6.54 Å². The van der Waals surface area contributed by atoms with E-state index in [1.54, 1.807) is 6.20 Å². The smallest absolute Gasteiger partial charge is 0.333 e. The third-order valence-corrected chi connectivity index (χ3v) is 5.34. The fraction of sp³-hybridized carbons (Fsp3) is 0.318. The molecule has 0 radical (unpaired) electrons. The summed E-state index contributed by atoms with van der Waals surface area (Å²) in [5, 5.41) is 29.4. The molecule has 31 heavy (non-hydrogen) atoms. The maximum atomic E-state index is 13.0. The van der Waals surface area contributed by atoms with Gasteiger partial charge in [-0.15, -0.1) is 0 Å². The third kappa shape index (κ3) is 4.35. The highest BCUT2D eigenvalue weighted by atomic mass is 16.6. The van der Waals surface area contributed by atoms with Gasteiger partial charge >= 0.3 is 5.69 Å². The molecule has 4 atom stereocenters.